The molecule has 0 aliphatic carbocycles. The van der Waals surface area contributed by atoms with Crippen LogP contribution < -0.4 is 0 Å². The highest BCUT2D eigenvalue weighted by Crippen LogP contribution is 2.25. The summed E-state index contributed by atoms with van der Waals surface area (Å²) in [5.41, 5.74) is -0.667. The molecule has 118 valence electrons. The number of benzene rings is 1. The van der Waals surface area contributed by atoms with E-state index in [1.807, 2.05) is 0 Å². The van der Waals surface area contributed by atoms with Gasteiger partial charge in [0.05, 0.1) is 10.6 Å². The Morgan fingerprint density at radius 1 is 1.19 bits per heavy atom. The van der Waals surface area contributed by atoms with Crippen LogP contribution in [0.15, 0.2) is 18.2 Å². The largest absolute Gasteiger partial charge is 0.406 e. The van der Waals surface area contributed by atoms with E-state index in [0.29, 0.717) is 4.90 Å². The fourth-order valence-electron chi connectivity index (χ4n) is 1.82. The van der Waals surface area contributed by atoms with Gasteiger partial charge in [0.2, 0.25) is 0 Å². The Kier molecular flexibility index (Phi) is 5.25. The van der Waals surface area contributed by atoms with E-state index in [1.54, 1.807) is 20.8 Å². The van der Waals surface area contributed by atoms with Gasteiger partial charge in [-0.15, -0.1) is 0 Å². The van der Waals surface area contributed by atoms with Crippen molar-refractivity contribution in [3.63, 3.8) is 0 Å². The number of halogens is 5. The zero-order valence-electron chi connectivity index (χ0n) is 11.9. The lowest BCUT2D eigenvalue weighted by Gasteiger charge is -2.31. The highest BCUT2D eigenvalue weighted by Gasteiger charge is 2.35. The van der Waals surface area contributed by atoms with Crippen molar-refractivity contribution in [3.05, 3.63) is 34.6 Å². The van der Waals surface area contributed by atoms with Gasteiger partial charge < -0.3 is 4.90 Å². The number of nitrogens with zero attached hydrogens (tertiary/aromatic N) is 1. The molecule has 1 aromatic carbocycles. The number of amides is 1. The summed E-state index contributed by atoms with van der Waals surface area (Å²) in [6.45, 7) is 3.68. The fraction of sp³-hybridized carbons (Fsp3) is 0.500. The van der Waals surface area contributed by atoms with Gasteiger partial charge >= 0.3 is 6.18 Å². The molecular weight excluding hydrogens is 310 g/mol. The van der Waals surface area contributed by atoms with Crippen molar-refractivity contribution in [3.8, 4) is 0 Å². The van der Waals surface area contributed by atoms with Gasteiger partial charge in [-0.25, -0.2) is 4.39 Å². The van der Waals surface area contributed by atoms with Crippen molar-refractivity contribution in [1.29, 1.82) is 0 Å². The van der Waals surface area contributed by atoms with Crippen LogP contribution in [0.1, 0.15) is 31.1 Å². The maximum Gasteiger partial charge on any atom is 0.406 e. The van der Waals surface area contributed by atoms with Crippen LogP contribution in [0, 0.1) is 11.2 Å². The van der Waals surface area contributed by atoms with Gasteiger partial charge in [-0.1, -0.05) is 32.4 Å². The van der Waals surface area contributed by atoms with Gasteiger partial charge in [0.25, 0.3) is 5.91 Å². The summed E-state index contributed by atoms with van der Waals surface area (Å²) in [6.07, 6.45) is -4.52. The minimum Gasteiger partial charge on any atom is -0.329 e. The molecule has 1 aromatic rings. The van der Waals surface area contributed by atoms with E-state index in [2.05, 4.69) is 0 Å². The molecule has 0 fully saturated rings. The average Bonchev–Trinajstić information content (AvgIpc) is 2.23. The molecule has 0 aliphatic heterocycles. The molecule has 2 nitrogen and oxygen atoms in total. The quantitative estimate of drug-likeness (QED) is 0.748. The second-order valence-corrected chi connectivity index (χ2v) is 6.37. The van der Waals surface area contributed by atoms with Crippen LogP contribution in [0.2, 0.25) is 5.02 Å². The second-order valence-electron chi connectivity index (χ2n) is 5.96. The molecule has 0 N–H and O–H groups in total. The van der Waals surface area contributed by atoms with Crippen molar-refractivity contribution in [2.24, 2.45) is 5.41 Å². The van der Waals surface area contributed by atoms with Gasteiger partial charge in [-0.3, -0.25) is 4.79 Å². The first kappa shape index (κ1) is 17.8. The Bertz CT molecular complexity index is 507. The molecule has 1 rings (SSSR count). The van der Waals surface area contributed by atoms with Crippen molar-refractivity contribution < 1.29 is 22.4 Å². The summed E-state index contributed by atoms with van der Waals surface area (Å²) in [4.78, 5) is 12.9. The van der Waals surface area contributed by atoms with Gasteiger partial charge in [0, 0.05) is 6.54 Å². The van der Waals surface area contributed by atoms with Crippen molar-refractivity contribution in [2.45, 2.75) is 26.9 Å². The SMILES string of the molecule is CC(C)(C)CN(CC(F)(F)F)C(=O)c1ccc(F)cc1Cl. The molecule has 0 bridgehead atoms. The molecule has 0 aliphatic rings. The zero-order chi connectivity index (χ0) is 16.4. The van der Waals surface area contributed by atoms with Gasteiger partial charge in [0.1, 0.15) is 12.4 Å². The number of carbonyl (C=O) groups is 1. The van der Waals surface area contributed by atoms with Crippen LogP contribution in [0.3, 0.4) is 0 Å². The summed E-state index contributed by atoms with van der Waals surface area (Å²) < 4.78 is 50.9. The summed E-state index contributed by atoms with van der Waals surface area (Å²) in [6, 6.07) is 2.98. The van der Waals surface area contributed by atoms with E-state index in [9.17, 15) is 22.4 Å². The number of alkyl halides is 3. The third kappa shape index (κ3) is 5.91. The van der Waals surface area contributed by atoms with E-state index in [4.69, 9.17) is 11.6 Å². The third-order valence-corrected chi connectivity index (χ3v) is 2.80. The number of rotatable bonds is 3. The Hall–Kier alpha value is -1.30. The minimum atomic E-state index is -4.52. The van der Waals surface area contributed by atoms with Crippen molar-refractivity contribution >= 4 is 17.5 Å². The van der Waals surface area contributed by atoms with Crippen LogP contribution in [-0.4, -0.2) is 30.1 Å². The number of carbonyl (C=O) groups excluding carboxylic acids is 1. The summed E-state index contributed by atoms with van der Waals surface area (Å²) in [7, 11) is 0. The van der Waals surface area contributed by atoms with Crippen LogP contribution in [-0.2, 0) is 0 Å². The molecule has 0 heterocycles. The Balaban J connectivity index is 3.09. The van der Waals surface area contributed by atoms with Crippen molar-refractivity contribution in [1.82, 2.24) is 4.90 Å². The minimum absolute atomic E-state index is 0.0982. The fourth-order valence-corrected chi connectivity index (χ4v) is 2.07. The highest BCUT2D eigenvalue weighted by molar-refractivity contribution is 6.33. The monoisotopic (exact) mass is 325 g/mol. The molecule has 0 unspecified atom stereocenters. The highest BCUT2D eigenvalue weighted by atomic mass is 35.5. The first-order valence-corrected chi connectivity index (χ1v) is 6.58. The molecule has 0 saturated carbocycles. The van der Waals surface area contributed by atoms with E-state index in [-0.39, 0.29) is 17.1 Å². The normalized spacial score (nSPS) is 12.4. The van der Waals surface area contributed by atoms with E-state index in [0.717, 1.165) is 18.2 Å². The third-order valence-electron chi connectivity index (χ3n) is 2.48. The summed E-state index contributed by atoms with van der Waals surface area (Å²) in [5, 5.41) is -0.207. The topological polar surface area (TPSA) is 20.3 Å². The molecule has 0 spiro atoms. The Labute approximate surface area is 125 Å². The first-order valence-electron chi connectivity index (χ1n) is 6.20. The lowest BCUT2D eigenvalue weighted by molar-refractivity contribution is -0.142. The maximum absolute atomic E-state index is 13.0. The van der Waals surface area contributed by atoms with Gasteiger partial charge in [-0.05, 0) is 23.6 Å². The molecular formula is C14H16ClF4NO. The molecule has 21 heavy (non-hydrogen) atoms. The van der Waals surface area contributed by atoms with E-state index >= 15 is 0 Å². The first-order chi connectivity index (χ1) is 9.39. The molecule has 1 amide bonds. The Morgan fingerprint density at radius 3 is 2.19 bits per heavy atom. The second kappa shape index (κ2) is 6.22. The number of hydrogen-bond donors (Lipinski definition) is 0. The molecule has 0 saturated heterocycles. The summed E-state index contributed by atoms with van der Waals surface area (Å²) >= 11 is 5.74. The van der Waals surface area contributed by atoms with Crippen molar-refractivity contribution in [2.75, 3.05) is 13.1 Å². The Morgan fingerprint density at radius 2 is 1.76 bits per heavy atom. The predicted octanol–water partition coefficient (Wildman–Crippen LogP) is 4.53. The lowest BCUT2D eigenvalue weighted by Crippen LogP contribution is -2.43. The van der Waals surface area contributed by atoms with Gasteiger partial charge in [0.15, 0.2) is 0 Å². The van der Waals surface area contributed by atoms with Crippen LogP contribution in [0.4, 0.5) is 17.6 Å². The van der Waals surface area contributed by atoms with Crippen LogP contribution in [0.25, 0.3) is 0 Å². The van der Waals surface area contributed by atoms with Gasteiger partial charge in [-0.2, -0.15) is 13.2 Å². The van der Waals surface area contributed by atoms with E-state index in [1.165, 1.54) is 0 Å². The zero-order valence-corrected chi connectivity index (χ0v) is 12.6. The standard InChI is InChI=1S/C14H16ClF4NO/c1-13(2,3)7-20(8-14(17,18)19)12(21)10-5-4-9(16)6-11(10)15/h4-6H,7-8H2,1-3H3. The predicted molar refractivity (Wildman–Crippen MR) is 72.8 cm³/mol. The molecule has 0 atom stereocenters. The van der Waals surface area contributed by atoms with E-state index < -0.39 is 29.9 Å². The van der Waals surface area contributed by atoms with Crippen LogP contribution >= 0.6 is 11.6 Å². The lowest BCUT2D eigenvalue weighted by atomic mass is 9.95. The maximum atomic E-state index is 13.0. The average molecular weight is 326 g/mol. The molecule has 0 radical (unpaired) electrons. The smallest absolute Gasteiger partial charge is 0.329 e. The summed E-state index contributed by atoms with van der Waals surface area (Å²) in [5.74, 6) is -1.53. The molecule has 7 heteroatoms. The molecule has 0 aromatic heterocycles. The number of hydrogen-bond acceptors (Lipinski definition) is 1. The van der Waals surface area contributed by atoms with Crippen LogP contribution in [0.5, 0.6) is 0 Å².